The molecular formula is C14H6N4O4S2. The number of rotatable bonds is 3. The highest BCUT2D eigenvalue weighted by molar-refractivity contribution is 7.27. The molecule has 118 valence electrons. The van der Waals surface area contributed by atoms with Crippen LogP contribution in [-0.2, 0) is 0 Å². The van der Waals surface area contributed by atoms with Crippen molar-refractivity contribution < 1.29 is 9.85 Å². The van der Waals surface area contributed by atoms with Crippen LogP contribution in [-0.4, -0.2) is 19.8 Å². The minimum Gasteiger partial charge on any atom is -0.258 e. The molecule has 0 bridgehead atoms. The molecule has 4 aromatic rings. The van der Waals surface area contributed by atoms with E-state index in [1.54, 1.807) is 12.1 Å². The Morgan fingerprint density at radius 2 is 1.17 bits per heavy atom. The first-order chi connectivity index (χ1) is 11.5. The first-order valence-electron chi connectivity index (χ1n) is 6.61. The van der Waals surface area contributed by atoms with Gasteiger partial charge < -0.3 is 0 Å². The summed E-state index contributed by atoms with van der Waals surface area (Å²) in [6.45, 7) is 0. The van der Waals surface area contributed by atoms with Gasteiger partial charge in [0, 0.05) is 24.3 Å². The minimum atomic E-state index is -0.449. The second kappa shape index (κ2) is 5.28. The molecule has 8 nitrogen and oxygen atoms in total. The van der Waals surface area contributed by atoms with Crippen molar-refractivity contribution in [1.29, 1.82) is 0 Å². The Kier molecular flexibility index (Phi) is 3.22. The number of nitrogens with zero attached hydrogens (tertiary/aromatic N) is 4. The molecule has 0 saturated carbocycles. The van der Waals surface area contributed by atoms with E-state index < -0.39 is 9.85 Å². The van der Waals surface area contributed by atoms with E-state index in [0.29, 0.717) is 30.4 Å². The number of fused-ring (bicyclic) bond motifs is 2. The van der Waals surface area contributed by atoms with Crippen molar-refractivity contribution in [2.45, 2.75) is 0 Å². The van der Waals surface area contributed by atoms with Gasteiger partial charge in [-0.15, -0.1) is 22.7 Å². The highest BCUT2D eigenvalue weighted by Crippen LogP contribution is 2.37. The minimum absolute atomic E-state index is 0.0117. The molecule has 0 aliphatic heterocycles. The van der Waals surface area contributed by atoms with Gasteiger partial charge in [0.25, 0.3) is 11.4 Å². The van der Waals surface area contributed by atoms with Crippen LogP contribution < -0.4 is 0 Å². The van der Waals surface area contributed by atoms with Crippen LogP contribution in [0.2, 0.25) is 0 Å². The summed E-state index contributed by atoms with van der Waals surface area (Å²) in [7, 11) is 0. The summed E-state index contributed by atoms with van der Waals surface area (Å²) in [5.74, 6) is 0. The molecule has 0 saturated heterocycles. The number of benzene rings is 2. The zero-order valence-corrected chi connectivity index (χ0v) is 13.3. The lowest BCUT2D eigenvalue weighted by atomic mass is 10.3. The summed E-state index contributed by atoms with van der Waals surface area (Å²) >= 11 is 2.61. The van der Waals surface area contributed by atoms with E-state index >= 15 is 0 Å². The molecule has 0 radical (unpaired) electrons. The van der Waals surface area contributed by atoms with Gasteiger partial charge >= 0.3 is 0 Å². The molecule has 4 rings (SSSR count). The third kappa shape index (κ3) is 2.37. The van der Waals surface area contributed by atoms with Crippen LogP contribution in [0.15, 0.2) is 36.4 Å². The van der Waals surface area contributed by atoms with Gasteiger partial charge in [-0.25, -0.2) is 9.97 Å². The summed E-state index contributed by atoms with van der Waals surface area (Å²) in [4.78, 5) is 29.7. The van der Waals surface area contributed by atoms with E-state index in [2.05, 4.69) is 9.97 Å². The molecular weight excluding hydrogens is 352 g/mol. The van der Waals surface area contributed by atoms with Crippen molar-refractivity contribution in [2.75, 3.05) is 0 Å². The molecule has 2 aromatic carbocycles. The third-order valence-corrected chi connectivity index (χ3v) is 5.53. The zero-order chi connectivity index (χ0) is 16.8. The number of nitro groups is 2. The fraction of sp³-hybridized carbons (Fsp3) is 0. The maximum Gasteiger partial charge on any atom is 0.270 e. The van der Waals surface area contributed by atoms with Crippen LogP contribution in [0.4, 0.5) is 11.4 Å². The number of hydrogen-bond donors (Lipinski definition) is 0. The molecule has 2 heterocycles. The lowest BCUT2D eigenvalue weighted by Gasteiger charge is -1.88. The van der Waals surface area contributed by atoms with Crippen molar-refractivity contribution in [3.8, 4) is 10.0 Å². The molecule has 0 N–H and O–H groups in total. The average molecular weight is 358 g/mol. The molecule has 0 atom stereocenters. The topological polar surface area (TPSA) is 112 Å². The Balaban J connectivity index is 1.82. The van der Waals surface area contributed by atoms with Gasteiger partial charge in [-0.05, 0) is 12.1 Å². The predicted octanol–water partition coefficient (Wildman–Crippen LogP) is 4.39. The summed E-state index contributed by atoms with van der Waals surface area (Å²) < 4.78 is 1.40. The first-order valence-corrected chi connectivity index (χ1v) is 8.25. The molecule has 0 aliphatic rings. The van der Waals surface area contributed by atoms with Gasteiger partial charge in [-0.1, -0.05) is 0 Å². The smallest absolute Gasteiger partial charge is 0.258 e. The van der Waals surface area contributed by atoms with E-state index in [1.165, 1.54) is 46.9 Å². The number of hydrogen-bond acceptors (Lipinski definition) is 8. The monoisotopic (exact) mass is 358 g/mol. The van der Waals surface area contributed by atoms with Crippen LogP contribution in [0.25, 0.3) is 30.4 Å². The van der Waals surface area contributed by atoms with E-state index in [-0.39, 0.29) is 11.4 Å². The summed E-state index contributed by atoms with van der Waals surface area (Å²) in [6.07, 6.45) is 0. The predicted molar refractivity (Wildman–Crippen MR) is 91.5 cm³/mol. The highest BCUT2D eigenvalue weighted by atomic mass is 32.1. The van der Waals surface area contributed by atoms with Gasteiger partial charge in [-0.3, -0.25) is 20.2 Å². The van der Waals surface area contributed by atoms with Crippen LogP contribution in [0.3, 0.4) is 0 Å². The summed E-state index contributed by atoms with van der Waals surface area (Å²) in [5.41, 5.74) is 1.34. The normalized spacial score (nSPS) is 11.2. The highest BCUT2D eigenvalue weighted by Gasteiger charge is 2.16. The first kappa shape index (κ1) is 14.6. The number of nitro benzene ring substituents is 2. The van der Waals surface area contributed by atoms with Crippen LogP contribution >= 0.6 is 22.7 Å². The van der Waals surface area contributed by atoms with Crippen molar-refractivity contribution >= 4 is 54.5 Å². The number of aromatic nitrogens is 2. The molecule has 0 fully saturated rings. The van der Waals surface area contributed by atoms with Crippen LogP contribution in [0.1, 0.15) is 0 Å². The molecule has 0 spiro atoms. The third-order valence-electron chi connectivity index (χ3n) is 3.35. The Morgan fingerprint density at radius 1 is 0.750 bits per heavy atom. The number of thiazole rings is 2. The summed E-state index contributed by atoms with van der Waals surface area (Å²) in [6, 6.07) is 8.99. The Morgan fingerprint density at radius 3 is 1.54 bits per heavy atom. The fourth-order valence-corrected chi connectivity index (χ4v) is 4.25. The van der Waals surface area contributed by atoms with Crippen LogP contribution in [0.5, 0.6) is 0 Å². The van der Waals surface area contributed by atoms with Gasteiger partial charge in [0.05, 0.1) is 30.3 Å². The van der Waals surface area contributed by atoms with Gasteiger partial charge in [0.1, 0.15) is 0 Å². The van der Waals surface area contributed by atoms with Crippen molar-refractivity contribution in [3.05, 3.63) is 56.6 Å². The second-order valence-corrected chi connectivity index (χ2v) is 6.92. The average Bonchev–Trinajstić information content (AvgIpc) is 3.16. The largest absolute Gasteiger partial charge is 0.270 e. The Labute approximate surface area is 141 Å². The molecule has 0 amide bonds. The lowest BCUT2D eigenvalue weighted by molar-refractivity contribution is -0.384. The molecule has 24 heavy (non-hydrogen) atoms. The maximum absolute atomic E-state index is 10.9. The maximum atomic E-state index is 10.9. The lowest BCUT2D eigenvalue weighted by Crippen LogP contribution is -1.85. The standard InChI is InChI=1S/C14H6N4O4S2/c19-17(20)7-1-3-9-11(5-7)23-13(15-9)14-16-10-4-2-8(18(21)22)6-12(10)24-14/h1-6H. The second-order valence-electron chi connectivity index (χ2n) is 4.86. The van der Waals surface area contributed by atoms with E-state index in [1.807, 2.05) is 0 Å². The molecule has 10 heteroatoms. The van der Waals surface area contributed by atoms with Crippen molar-refractivity contribution in [2.24, 2.45) is 0 Å². The van der Waals surface area contributed by atoms with Gasteiger partial charge in [0.2, 0.25) is 0 Å². The van der Waals surface area contributed by atoms with E-state index in [0.717, 1.165) is 0 Å². The van der Waals surface area contributed by atoms with Crippen molar-refractivity contribution in [3.63, 3.8) is 0 Å². The van der Waals surface area contributed by atoms with E-state index in [9.17, 15) is 20.2 Å². The SMILES string of the molecule is O=[N+]([O-])c1ccc2nc(-c3nc4ccc([N+](=O)[O-])cc4s3)sc2c1. The van der Waals surface area contributed by atoms with Crippen LogP contribution in [0, 0.1) is 20.2 Å². The molecule has 0 aliphatic carbocycles. The Bertz CT molecular complexity index is 1040. The molecule has 2 aromatic heterocycles. The zero-order valence-electron chi connectivity index (χ0n) is 11.7. The van der Waals surface area contributed by atoms with Gasteiger partial charge in [0.15, 0.2) is 10.0 Å². The quantitative estimate of drug-likeness (QED) is 0.396. The molecule has 0 unspecified atom stereocenters. The fourth-order valence-electron chi connectivity index (χ4n) is 2.24. The van der Waals surface area contributed by atoms with Gasteiger partial charge in [-0.2, -0.15) is 0 Å². The van der Waals surface area contributed by atoms with Crippen molar-refractivity contribution in [1.82, 2.24) is 9.97 Å². The summed E-state index contributed by atoms with van der Waals surface area (Å²) in [5, 5.41) is 23.0. The van der Waals surface area contributed by atoms with E-state index in [4.69, 9.17) is 0 Å². The Hall–Kier alpha value is -2.98. The number of non-ortho nitro benzene ring substituents is 2.